The van der Waals surface area contributed by atoms with E-state index in [1.54, 1.807) is 12.3 Å². The fraction of sp³-hybridized carbons (Fsp3) is 0. The van der Waals surface area contributed by atoms with E-state index >= 15 is 0 Å². The van der Waals surface area contributed by atoms with Crippen molar-refractivity contribution in [3.8, 4) is 0 Å². The van der Waals surface area contributed by atoms with Crippen LogP contribution in [-0.2, 0) is 9.59 Å². The Morgan fingerprint density at radius 1 is 0.625 bits per heavy atom. The van der Waals surface area contributed by atoms with Gasteiger partial charge in [-0.15, -0.1) is 0 Å². The van der Waals surface area contributed by atoms with Gasteiger partial charge in [0.2, 0.25) is 0 Å². The van der Waals surface area contributed by atoms with Gasteiger partial charge in [-0.25, -0.2) is 5.43 Å². The van der Waals surface area contributed by atoms with Crippen molar-refractivity contribution in [1.29, 1.82) is 0 Å². The number of hydrogen-bond donors (Lipinski definition) is 2. The second-order valence-corrected chi connectivity index (χ2v) is 7.41. The quantitative estimate of drug-likeness (QED) is 0.183. The van der Waals surface area contributed by atoms with Gasteiger partial charge in [0.05, 0.1) is 6.21 Å². The average Bonchev–Trinajstić information content (AvgIpc) is 2.83. The summed E-state index contributed by atoms with van der Waals surface area (Å²) >= 11 is 0. The predicted octanol–water partition coefficient (Wildman–Crippen LogP) is 5.24. The summed E-state index contributed by atoms with van der Waals surface area (Å²) < 4.78 is 0. The number of rotatable bonds is 3. The predicted molar refractivity (Wildman–Crippen MR) is 130 cm³/mol. The second-order valence-electron chi connectivity index (χ2n) is 7.41. The Morgan fingerprint density at radius 3 is 1.88 bits per heavy atom. The van der Waals surface area contributed by atoms with E-state index < -0.39 is 11.8 Å². The molecule has 0 saturated carbocycles. The van der Waals surface area contributed by atoms with Crippen LogP contribution in [0.1, 0.15) is 5.56 Å². The van der Waals surface area contributed by atoms with Gasteiger partial charge in [0.25, 0.3) is 0 Å². The highest BCUT2D eigenvalue weighted by Gasteiger charge is 2.14. The van der Waals surface area contributed by atoms with Gasteiger partial charge in [0.15, 0.2) is 0 Å². The number of benzene rings is 5. The third-order valence-electron chi connectivity index (χ3n) is 5.42. The third-order valence-corrected chi connectivity index (χ3v) is 5.42. The number of amides is 2. The Balaban J connectivity index is 1.38. The van der Waals surface area contributed by atoms with E-state index in [4.69, 9.17) is 0 Å². The highest BCUT2D eigenvalue weighted by Crippen LogP contribution is 2.27. The number of fused-ring (bicyclic) bond motifs is 3. The Labute approximate surface area is 184 Å². The number of carbonyl (C=O) groups excluding carboxylic acids is 2. The van der Waals surface area contributed by atoms with Crippen LogP contribution < -0.4 is 10.7 Å². The van der Waals surface area contributed by atoms with Crippen molar-refractivity contribution in [2.24, 2.45) is 5.10 Å². The first-order chi connectivity index (χ1) is 15.7. The van der Waals surface area contributed by atoms with E-state index in [2.05, 4.69) is 21.9 Å². The molecule has 0 spiro atoms. The summed E-state index contributed by atoms with van der Waals surface area (Å²) in [7, 11) is 0. The molecule has 5 nitrogen and oxygen atoms in total. The first-order valence-corrected chi connectivity index (χ1v) is 10.2. The summed E-state index contributed by atoms with van der Waals surface area (Å²) in [5, 5.41) is 12.8. The molecule has 0 aliphatic rings. The zero-order valence-corrected chi connectivity index (χ0v) is 17.1. The molecular weight excluding hydrogens is 398 g/mol. The van der Waals surface area contributed by atoms with Crippen LogP contribution in [0.5, 0.6) is 0 Å². The molecule has 0 aromatic heterocycles. The molecule has 2 N–H and O–H groups in total. The topological polar surface area (TPSA) is 70.6 Å². The highest BCUT2D eigenvalue weighted by molar-refractivity contribution is 6.40. The van der Waals surface area contributed by atoms with Crippen LogP contribution in [0.25, 0.3) is 32.3 Å². The zero-order chi connectivity index (χ0) is 21.9. The SMILES string of the molecule is O=C(NN=Cc1c2ccccc2cc2ccccc12)C(=O)Nc1cccc2ccccc12. The fourth-order valence-corrected chi connectivity index (χ4v) is 3.91. The summed E-state index contributed by atoms with van der Waals surface area (Å²) in [5.41, 5.74) is 3.81. The molecule has 0 radical (unpaired) electrons. The number of nitrogens with zero attached hydrogens (tertiary/aromatic N) is 1. The summed E-state index contributed by atoms with van der Waals surface area (Å²) in [4.78, 5) is 24.8. The molecule has 0 unspecified atom stereocenters. The average molecular weight is 417 g/mol. The van der Waals surface area contributed by atoms with Crippen molar-refractivity contribution < 1.29 is 9.59 Å². The molecule has 0 saturated heterocycles. The molecule has 5 heteroatoms. The van der Waals surface area contributed by atoms with Gasteiger partial charge >= 0.3 is 11.8 Å². The number of hydrazone groups is 1. The van der Waals surface area contributed by atoms with Gasteiger partial charge in [0.1, 0.15) is 0 Å². The van der Waals surface area contributed by atoms with E-state index in [1.807, 2.05) is 84.9 Å². The van der Waals surface area contributed by atoms with Gasteiger partial charge in [-0.05, 0) is 39.1 Å². The van der Waals surface area contributed by atoms with Gasteiger partial charge in [-0.2, -0.15) is 5.10 Å². The minimum atomic E-state index is -0.835. The Bertz CT molecular complexity index is 1460. The number of anilines is 1. The van der Waals surface area contributed by atoms with E-state index in [-0.39, 0.29) is 0 Å². The summed E-state index contributed by atoms with van der Waals surface area (Å²) in [6.07, 6.45) is 1.59. The highest BCUT2D eigenvalue weighted by atomic mass is 16.2. The Kier molecular flexibility index (Phi) is 5.06. The standard InChI is InChI=1S/C27H19N3O2/c31-26(29-25-15-7-11-18-8-1-6-14-23(18)25)27(32)30-28-17-24-21-12-4-2-9-19(21)16-20-10-3-5-13-22(20)24/h1-17H,(H,29,31)(H,30,32). The molecule has 154 valence electrons. The van der Waals surface area contributed by atoms with Crippen molar-refractivity contribution in [3.63, 3.8) is 0 Å². The van der Waals surface area contributed by atoms with Crippen LogP contribution in [-0.4, -0.2) is 18.0 Å². The molecule has 0 fully saturated rings. The van der Waals surface area contributed by atoms with Gasteiger partial charge in [0, 0.05) is 16.6 Å². The van der Waals surface area contributed by atoms with Crippen molar-refractivity contribution in [2.45, 2.75) is 0 Å². The molecule has 0 aliphatic carbocycles. The number of hydrogen-bond acceptors (Lipinski definition) is 3. The maximum absolute atomic E-state index is 12.4. The molecule has 32 heavy (non-hydrogen) atoms. The third kappa shape index (κ3) is 3.68. The monoisotopic (exact) mass is 417 g/mol. The molecule has 0 atom stereocenters. The molecule has 5 aromatic carbocycles. The smallest absolute Gasteiger partial charge is 0.317 e. The normalized spacial score (nSPS) is 11.2. The van der Waals surface area contributed by atoms with Crippen LogP contribution in [0.2, 0.25) is 0 Å². The van der Waals surface area contributed by atoms with Crippen LogP contribution >= 0.6 is 0 Å². The van der Waals surface area contributed by atoms with E-state index in [1.165, 1.54) is 0 Å². The first kappa shape index (κ1) is 19.5. The lowest BCUT2D eigenvalue weighted by Crippen LogP contribution is -2.32. The summed E-state index contributed by atoms with van der Waals surface area (Å²) in [5.74, 6) is -1.61. The second kappa shape index (κ2) is 8.32. The van der Waals surface area contributed by atoms with Crippen molar-refractivity contribution in [2.75, 3.05) is 5.32 Å². The van der Waals surface area contributed by atoms with Crippen molar-refractivity contribution in [3.05, 3.63) is 103 Å². The van der Waals surface area contributed by atoms with Crippen LogP contribution in [0.15, 0.2) is 102 Å². The first-order valence-electron chi connectivity index (χ1n) is 10.2. The molecule has 2 amide bonds. The Hall–Kier alpha value is -4.51. The minimum Gasteiger partial charge on any atom is -0.317 e. The minimum absolute atomic E-state index is 0.576. The maximum atomic E-state index is 12.4. The molecule has 0 aliphatic heterocycles. The number of nitrogens with one attached hydrogen (secondary N) is 2. The van der Waals surface area contributed by atoms with Crippen molar-refractivity contribution in [1.82, 2.24) is 5.43 Å². The van der Waals surface area contributed by atoms with E-state index in [9.17, 15) is 9.59 Å². The largest absolute Gasteiger partial charge is 0.329 e. The lowest BCUT2D eigenvalue weighted by molar-refractivity contribution is -0.136. The van der Waals surface area contributed by atoms with Gasteiger partial charge in [-0.3, -0.25) is 9.59 Å². The van der Waals surface area contributed by atoms with Gasteiger partial charge in [-0.1, -0.05) is 84.9 Å². The summed E-state index contributed by atoms with van der Waals surface area (Å²) in [6.45, 7) is 0. The van der Waals surface area contributed by atoms with E-state index in [0.717, 1.165) is 37.9 Å². The number of carbonyl (C=O) groups is 2. The molecule has 5 rings (SSSR count). The fourth-order valence-electron chi connectivity index (χ4n) is 3.91. The molecule has 5 aromatic rings. The van der Waals surface area contributed by atoms with Crippen LogP contribution in [0.4, 0.5) is 5.69 Å². The van der Waals surface area contributed by atoms with Crippen LogP contribution in [0, 0.1) is 0 Å². The molecule has 0 bridgehead atoms. The van der Waals surface area contributed by atoms with Gasteiger partial charge < -0.3 is 5.32 Å². The summed E-state index contributed by atoms with van der Waals surface area (Å²) in [6, 6.07) is 31.3. The van der Waals surface area contributed by atoms with Crippen molar-refractivity contribution >= 4 is 56.0 Å². The zero-order valence-electron chi connectivity index (χ0n) is 17.1. The van der Waals surface area contributed by atoms with Crippen LogP contribution in [0.3, 0.4) is 0 Å². The Morgan fingerprint density at radius 2 is 1.19 bits per heavy atom. The molecular formula is C27H19N3O2. The lowest BCUT2D eigenvalue weighted by Gasteiger charge is -2.09. The lowest BCUT2D eigenvalue weighted by atomic mass is 9.97. The maximum Gasteiger partial charge on any atom is 0.329 e. The van der Waals surface area contributed by atoms with E-state index in [0.29, 0.717) is 5.69 Å². The molecule has 0 heterocycles.